The van der Waals surface area contributed by atoms with Gasteiger partial charge in [-0.25, -0.2) is 9.37 Å². The van der Waals surface area contributed by atoms with Crippen LogP contribution in [0.4, 0.5) is 15.9 Å². The van der Waals surface area contributed by atoms with Crippen LogP contribution in [0.25, 0.3) is 0 Å². The highest BCUT2D eigenvalue weighted by molar-refractivity contribution is 5.99. The molecule has 166 valence electrons. The minimum atomic E-state index is -0.381. The maximum atomic E-state index is 13.2. The minimum absolute atomic E-state index is 0.0739. The number of nitrogens with one attached hydrogen (secondary N) is 3. The SMILES string of the molecule is CCOc1ccc(Nc2ncccc2C(=O)NCCNC(=O)Cc2cccc(F)c2)cc1. The van der Waals surface area contributed by atoms with Gasteiger partial charge in [0.25, 0.3) is 5.91 Å². The summed E-state index contributed by atoms with van der Waals surface area (Å²) in [7, 11) is 0. The van der Waals surface area contributed by atoms with Crippen LogP contribution in [0, 0.1) is 5.82 Å². The van der Waals surface area contributed by atoms with E-state index in [9.17, 15) is 14.0 Å². The third-order valence-corrected chi connectivity index (χ3v) is 4.47. The average molecular weight is 436 g/mol. The molecule has 32 heavy (non-hydrogen) atoms. The molecule has 0 aliphatic rings. The van der Waals surface area contributed by atoms with Crippen molar-refractivity contribution in [1.82, 2.24) is 15.6 Å². The summed E-state index contributed by atoms with van der Waals surface area (Å²) in [6, 6.07) is 16.6. The Balaban J connectivity index is 1.49. The lowest BCUT2D eigenvalue weighted by molar-refractivity contribution is -0.120. The first kappa shape index (κ1) is 22.7. The fraction of sp³-hybridized carbons (Fsp3) is 0.208. The molecule has 0 saturated heterocycles. The van der Waals surface area contributed by atoms with Crippen LogP contribution < -0.4 is 20.7 Å². The van der Waals surface area contributed by atoms with Gasteiger partial charge in [-0.3, -0.25) is 9.59 Å². The summed E-state index contributed by atoms with van der Waals surface area (Å²) in [5.41, 5.74) is 1.74. The Bertz CT molecular complexity index is 1060. The molecule has 0 unspecified atom stereocenters. The van der Waals surface area contributed by atoms with Crippen LogP contribution in [0.2, 0.25) is 0 Å². The van der Waals surface area contributed by atoms with Crippen LogP contribution in [0.1, 0.15) is 22.8 Å². The predicted octanol–water partition coefficient (Wildman–Crippen LogP) is 3.45. The molecule has 0 atom stereocenters. The molecule has 0 fully saturated rings. The number of hydrogen-bond donors (Lipinski definition) is 3. The maximum Gasteiger partial charge on any atom is 0.255 e. The lowest BCUT2D eigenvalue weighted by Crippen LogP contribution is -2.35. The lowest BCUT2D eigenvalue weighted by Gasteiger charge is -2.12. The molecule has 0 aliphatic heterocycles. The first-order chi connectivity index (χ1) is 15.5. The van der Waals surface area contributed by atoms with Gasteiger partial charge in [-0.1, -0.05) is 12.1 Å². The number of amides is 2. The molecule has 3 aromatic rings. The number of nitrogens with zero attached hydrogens (tertiary/aromatic N) is 1. The zero-order valence-corrected chi connectivity index (χ0v) is 17.7. The Kier molecular flexibility index (Phi) is 8.14. The van der Waals surface area contributed by atoms with E-state index in [-0.39, 0.29) is 37.1 Å². The number of ether oxygens (including phenoxy) is 1. The van der Waals surface area contributed by atoms with Crippen LogP contribution in [-0.4, -0.2) is 36.5 Å². The number of carbonyl (C=O) groups excluding carboxylic acids is 2. The normalized spacial score (nSPS) is 10.3. The molecule has 1 aromatic heterocycles. The minimum Gasteiger partial charge on any atom is -0.494 e. The zero-order valence-electron chi connectivity index (χ0n) is 17.7. The maximum absolute atomic E-state index is 13.2. The fourth-order valence-corrected chi connectivity index (χ4v) is 2.99. The second kappa shape index (κ2) is 11.5. The summed E-state index contributed by atoms with van der Waals surface area (Å²) in [5, 5.41) is 8.61. The highest BCUT2D eigenvalue weighted by Crippen LogP contribution is 2.21. The number of anilines is 2. The van der Waals surface area contributed by atoms with Gasteiger partial charge in [0, 0.05) is 25.0 Å². The van der Waals surface area contributed by atoms with E-state index in [4.69, 9.17) is 4.74 Å². The second-order valence-corrected chi connectivity index (χ2v) is 6.89. The van der Waals surface area contributed by atoms with E-state index in [1.165, 1.54) is 12.1 Å². The van der Waals surface area contributed by atoms with Crippen molar-refractivity contribution in [3.05, 3.63) is 83.8 Å². The van der Waals surface area contributed by atoms with E-state index in [0.717, 1.165) is 11.4 Å². The fourth-order valence-electron chi connectivity index (χ4n) is 2.99. The van der Waals surface area contributed by atoms with Crippen molar-refractivity contribution in [3.63, 3.8) is 0 Å². The van der Waals surface area contributed by atoms with E-state index in [1.807, 2.05) is 31.2 Å². The Morgan fingerprint density at radius 3 is 2.53 bits per heavy atom. The third kappa shape index (κ3) is 6.80. The third-order valence-electron chi connectivity index (χ3n) is 4.47. The number of benzene rings is 2. The van der Waals surface area contributed by atoms with E-state index in [1.54, 1.807) is 30.5 Å². The molecule has 2 aromatic carbocycles. The van der Waals surface area contributed by atoms with Crippen LogP contribution in [0.5, 0.6) is 5.75 Å². The Morgan fingerprint density at radius 2 is 1.78 bits per heavy atom. The van der Waals surface area contributed by atoms with E-state index < -0.39 is 0 Å². The quantitative estimate of drug-likeness (QED) is 0.424. The Hall–Kier alpha value is -3.94. The molecule has 8 heteroatoms. The van der Waals surface area contributed by atoms with Crippen LogP contribution in [0.3, 0.4) is 0 Å². The van der Waals surface area contributed by atoms with Gasteiger partial charge < -0.3 is 20.7 Å². The summed E-state index contributed by atoms with van der Waals surface area (Å²) in [4.78, 5) is 28.8. The summed E-state index contributed by atoms with van der Waals surface area (Å²) < 4.78 is 18.6. The van der Waals surface area contributed by atoms with Crippen LogP contribution in [-0.2, 0) is 11.2 Å². The van der Waals surface area contributed by atoms with Crippen molar-refractivity contribution in [2.45, 2.75) is 13.3 Å². The number of carbonyl (C=O) groups is 2. The van der Waals surface area contributed by atoms with E-state index in [2.05, 4.69) is 20.9 Å². The summed E-state index contributed by atoms with van der Waals surface area (Å²) in [6.07, 6.45) is 1.67. The number of aromatic nitrogens is 1. The van der Waals surface area contributed by atoms with Gasteiger partial charge in [-0.05, 0) is 61.0 Å². The van der Waals surface area contributed by atoms with Gasteiger partial charge in [-0.15, -0.1) is 0 Å². The average Bonchev–Trinajstić information content (AvgIpc) is 2.78. The van der Waals surface area contributed by atoms with Gasteiger partial charge in [-0.2, -0.15) is 0 Å². The van der Waals surface area contributed by atoms with Crippen molar-refractivity contribution in [2.24, 2.45) is 0 Å². The Morgan fingerprint density at radius 1 is 1.00 bits per heavy atom. The van der Waals surface area contributed by atoms with E-state index in [0.29, 0.717) is 23.6 Å². The zero-order chi connectivity index (χ0) is 22.8. The number of rotatable bonds is 10. The first-order valence-electron chi connectivity index (χ1n) is 10.3. The van der Waals surface area contributed by atoms with Crippen LogP contribution in [0.15, 0.2) is 66.9 Å². The standard InChI is InChI=1S/C24H25FN4O3/c1-2-32-20-10-8-19(9-11-20)29-23-21(7-4-12-27-23)24(31)28-14-13-26-22(30)16-17-5-3-6-18(25)15-17/h3-12,15H,2,13-14,16H2,1H3,(H,26,30)(H,27,29)(H,28,31). The number of hydrogen-bond acceptors (Lipinski definition) is 5. The van der Waals surface area contributed by atoms with Crippen molar-refractivity contribution >= 4 is 23.3 Å². The van der Waals surface area contributed by atoms with Crippen molar-refractivity contribution in [1.29, 1.82) is 0 Å². The molecule has 0 aliphatic carbocycles. The topological polar surface area (TPSA) is 92.3 Å². The molecular weight excluding hydrogens is 411 g/mol. The largest absolute Gasteiger partial charge is 0.494 e. The first-order valence-corrected chi connectivity index (χ1v) is 10.3. The monoisotopic (exact) mass is 436 g/mol. The van der Waals surface area contributed by atoms with Gasteiger partial charge in [0.1, 0.15) is 17.4 Å². The predicted molar refractivity (Wildman–Crippen MR) is 121 cm³/mol. The van der Waals surface area contributed by atoms with Crippen molar-refractivity contribution in [3.8, 4) is 5.75 Å². The molecule has 0 radical (unpaired) electrons. The molecule has 0 spiro atoms. The second-order valence-electron chi connectivity index (χ2n) is 6.89. The van der Waals surface area contributed by atoms with Crippen LogP contribution >= 0.6 is 0 Å². The highest BCUT2D eigenvalue weighted by atomic mass is 19.1. The molecular formula is C24H25FN4O3. The Labute approximate surface area is 186 Å². The van der Waals surface area contributed by atoms with Gasteiger partial charge in [0.15, 0.2) is 0 Å². The molecule has 0 saturated carbocycles. The van der Waals surface area contributed by atoms with Gasteiger partial charge >= 0.3 is 0 Å². The molecule has 2 amide bonds. The van der Waals surface area contributed by atoms with Crippen molar-refractivity contribution < 1.29 is 18.7 Å². The van der Waals surface area contributed by atoms with E-state index >= 15 is 0 Å². The lowest BCUT2D eigenvalue weighted by atomic mass is 10.1. The molecule has 3 rings (SSSR count). The smallest absolute Gasteiger partial charge is 0.255 e. The summed E-state index contributed by atoms with van der Waals surface area (Å²) in [5.74, 6) is 0.240. The molecule has 7 nitrogen and oxygen atoms in total. The molecule has 0 bridgehead atoms. The highest BCUT2D eigenvalue weighted by Gasteiger charge is 2.12. The molecule has 3 N–H and O–H groups in total. The summed E-state index contributed by atoms with van der Waals surface area (Å²) >= 11 is 0. The number of halogens is 1. The molecule has 1 heterocycles. The van der Waals surface area contributed by atoms with Crippen molar-refractivity contribution in [2.75, 3.05) is 25.0 Å². The van der Waals surface area contributed by atoms with Gasteiger partial charge in [0.2, 0.25) is 5.91 Å². The summed E-state index contributed by atoms with van der Waals surface area (Å²) in [6.45, 7) is 3.00. The van der Waals surface area contributed by atoms with Gasteiger partial charge in [0.05, 0.1) is 18.6 Å². The number of pyridine rings is 1.